The summed E-state index contributed by atoms with van der Waals surface area (Å²) in [7, 11) is 1.45. The number of rotatable bonds is 6. The summed E-state index contributed by atoms with van der Waals surface area (Å²) in [4.78, 5) is 12.1. The number of phenols is 1. The van der Waals surface area contributed by atoms with Crippen LogP contribution >= 0.6 is 0 Å². The molecule has 0 spiro atoms. The topological polar surface area (TPSA) is 68.9 Å². The Morgan fingerprint density at radius 3 is 2.31 bits per heavy atom. The Bertz CT molecular complexity index is 1160. The van der Waals surface area contributed by atoms with Crippen LogP contribution in [0.2, 0.25) is 0 Å². The summed E-state index contributed by atoms with van der Waals surface area (Å²) < 4.78 is 16.7. The van der Waals surface area contributed by atoms with Gasteiger partial charge in [0.1, 0.15) is 17.9 Å². The molecule has 0 bridgehead atoms. The molecule has 1 N–H and O–H groups in total. The first kappa shape index (κ1) is 18.6. The number of Topliss-reactive ketones (excluding diaryl/α,β-unsaturated/α-hetero) is 1. The summed E-state index contributed by atoms with van der Waals surface area (Å²) >= 11 is 0. The maximum absolute atomic E-state index is 12.1. The maximum Gasteiger partial charge on any atom is 0.206 e. The molecule has 3 aromatic carbocycles. The summed E-state index contributed by atoms with van der Waals surface area (Å²) in [5.41, 5.74) is 3.58. The van der Waals surface area contributed by atoms with Crippen molar-refractivity contribution in [3.05, 3.63) is 78.1 Å². The lowest BCUT2D eigenvalue weighted by Crippen LogP contribution is -2.02. The van der Waals surface area contributed by atoms with Crippen molar-refractivity contribution >= 4 is 16.8 Å². The third-order valence-electron chi connectivity index (χ3n) is 4.80. The lowest BCUT2D eigenvalue weighted by Gasteiger charge is -2.15. The van der Waals surface area contributed by atoms with Crippen molar-refractivity contribution in [3.63, 3.8) is 0 Å². The first-order chi connectivity index (χ1) is 14.1. The first-order valence-corrected chi connectivity index (χ1v) is 9.18. The second kappa shape index (κ2) is 7.72. The minimum atomic E-state index is -0.320. The summed E-state index contributed by atoms with van der Waals surface area (Å²) in [5.74, 6) is -0.196. The van der Waals surface area contributed by atoms with E-state index in [9.17, 15) is 9.90 Å². The van der Waals surface area contributed by atoms with Gasteiger partial charge in [0.2, 0.25) is 5.75 Å². The predicted octanol–water partition coefficient (Wildman–Crippen LogP) is 5.60. The van der Waals surface area contributed by atoms with Gasteiger partial charge in [-0.2, -0.15) is 0 Å². The van der Waals surface area contributed by atoms with E-state index in [0.29, 0.717) is 11.0 Å². The maximum atomic E-state index is 12.1. The highest BCUT2D eigenvalue weighted by atomic mass is 16.5. The Balaban J connectivity index is 1.64. The number of phenolic OH excluding ortho intramolecular Hbond substituents is 1. The zero-order chi connectivity index (χ0) is 20.4. The summed E-state index contributed by atoms with van der Waals surface area (Å²) in [5, 5.41) is 11.2. The van der Waals surface area contributed by atoms with Gasteiger partial charge in [0, 0.05) is 0 Å². The molecule has 4 rings (SSSR count). The zero-order valence-electron chi connectivity index (χ0n) is 16.1. The van der Waals surface area contributed by atoms with Crippen LogP contribution in [0, 0.1) is 0 Å². The largest absolute Gasteiger partial charge is 0.504 e. The fourth-order valence-corrected chi connectivity index (χ4v) is 3.38. The highest BCUT2D eigenvalue weighted by Gasteiger charge is 2.25. The van der Waals surface area contributed by atoms with Crippen molar-refractivity contribution in [3.8, 4) is 28.4 Å². The third-order valence-corrected chi connectivity index (χ3v) is 4.80. The normalized spacial score (nSPS) is 10.8. The smallest absolute Gasteiger partial charge is 0.206 e. The number of methoxy groups -OCH3 is 1. The van der Waals surface area contributed by atoms with Gasteiger partial charge in [0.15, 0.2) is 17.1 Å². The van der Waals surface area contributed by atoms with Crippen LogP contribution in [0.1, 0.15) is 22.8 Å². The summed E-state index contributed by atoms with van der Waals surface area (Å²) in [6.07, 6.45) is 1.47. The van der Waals surface area contributed by atoms with Crippen molar-refractivity contribution in [2.75, 3.05) is 7.11 Å². The molecular weight excluding hydrogens is 368 g/mol. The molecule has 0 unspecified atom stereocenters. The van der Waals surface area contributed by atoms with Crippen LogP contribution in [-0.4, -0.2) is 18.0 Å². The Morgan fingerprint density at radius 1 is 0.966 bits per heavy atom. The zero-order valence-corrected chi connectivity index (χ0v) is 16.1. The number of hydrogen-bond acceptors (Lipinski definition) is 5. The molecule has 146 valence electrons. The Kier molecular flexibility index (Phi) is 4.96. The lowest BCUT2D eigenvalue weighted by molar-refractivity contribution is 0.101. The van der Waals surface area contributed by atoms with E-state index in [0.717, 1.165) is 16.7 Å². The fourth-order valence-electron chi connectivity index (χ4n) is 3.38. The van der Waals surface area contributed by atoms with Gasteiger partial charge in [-0.1, -0.05) is 54.6 Å². The van der Waals surface area contributed by atoms with E-state index in [1.165, 1.54) is 20.3 Å². The second-order valence-corrected chi connectivity index (χ2v) is 6.66. The minimum Gasteiger partial charge on any atom is -0.504 e. The van der Waals surface area contributed by atoms with Crippen LogP contribution in [0.25, 0.3) is 22.1 Å². The summed E-state index contributed by atoms with van der Waals surface area (Å²) in [6.45, 7) is 1.58. The molecule has 1 heterocycles. The van der Waals surface area contributed by atoms with Gasteiger partial charge >= 0.3 is 0 Å². The van der Waals surface area contributed by atoms with Crippen LogP contribution in [-0.2, 0) is 6.61 Å². The van der Waals surface area contributed by atoms with Crippen LogP contribution in [0.4, 0.5) is 0 Å². The second-order valence-electron chi connectivity index (χ2n) is 6.66. The van der Waals surface area contributed by atoms with Crippen LogP contribution in [0.3, 0.4) is 0 Å². The molecule has 5 heteroatoms. The highest BCUT2D eigenvalue weighted by molar-refractivity contribution is 6.08. The molecule has 4 aromatic rings. The van der Waals surface area contributed by atoms with E-state index in [-0.39, 0.29) is 35.2 Å². The van der Waals surface area contributed by atoms with Gasteiger partial charge in [-0.25, -0.2) is 0 Å². The van der Waals surface area contributed by atoms with E-state index in [1.54, 1.807) is 6.07 Å². The number of benzene rings is 3. The number of ether oxygens (including phenoxy) is 2. The predicted molar refractivity (Wildman–Crippen MR) is 111 cm³/mol. The molecule has 5 nitrogen and oxygen atoms in total. The molecule has 0 atom stereocenters. The number of ketones is 1. The Morgan fingerprint density at radius 2 is 1.66 bits per heavy atom. The van der Waals surface area contributed by atoms with Crippen molar-refractivity contribution in [1.29, 1.82) is 0 Å². The standard InChI is InChI=1S/C24H20O5/c1-15(25)20-21(26)24(23-19(12-13-28-23)22(20)27-2)29-14-16-8-10-18(11-9-16)17-6-4-3-5-7-17/h3-13,26H,14H2,1-2H3. The van der Waals surface area contributed by atoms with Gasteiger partial charge in [0.25, 0.3) is 0 Å². The molecule has 0 saturated carbocycles. The molecule has 29 heavy (non-hydrogen) atoms. The van der Waals surface area contributed by atoms with E-state index in [2.05, 4.69) is 12.1 Å². The monoisotopic (exact) mass is 388 g/mol. The van der Waals surface area contributed by atoms with Crippen LogP contribution in [0.15, 0.2) is 71.3 Å². The van der Waals surface area contributed by atoms with Gasteiger partial charge < -0.3 is 19.0 Å². The summed E-state index contributed by atoms with van der Waals surface area (Å²) in [6, 6.07) is 19.7. The molecule has 0 fully saturated rings. The molecule has 0 aliphatic rings. The van der Waals surface area contributed by atoms with E-state index in [1.807, 2.05) is 42.5 Å². The van der Waals surface area contributed by atoms with Crippen molar-refractivity contribution in [1.82, 2.24) is 0 Å². The average molecular weight is 388 g/mol. The average Bonchev–Trinajstić information content (AvgIpc) is 3.22. The minimum absolute atomic E-state index is 0.0795. The fraction of sp³-hybridized carbons (Fsp3) is 0.125. The quantitative estimate of drug-likeness (QED) is 0.436. The van der Waals surface area contributed by atoms with E-state index >= 15 is 0 Å². The molecule has 0 radical (unpaired) electrons. The Hall–Kier alpha value is -3.73. The van der Waals surface area contributed by atoms with Crippen LogP contribution in [0.5, 0.6) is 17.2 Å². The van der Waals surface area contributed by atoms with Crippen LogP contribution < -0.4 is 9.47 Å². The number of aromatic hydroxyl groups is 1. The van der Waals surface area contributed by atoms with Crippen molar-refractivity contribution < 1.29 is 23.8 Å². The Labute approximate surface area is 168 Å². The van der Waals surface area contributed by atoms with E-state index in [4.69, 9.17) is 13.9 Å². The number of hydrogen-bond donors (Lipinski definition) is 1. The number of fused-ring (bicyclic) bond motifs is 1. The van der Waals surface area contributed by atoms with Gasteiger partial charge in [-0.05, 0) is 29.7 Å². The molecule has 0 saturated heterocycles. The molecule has 0 aliphatic heterocycles. The number of carbonyl (C=O) groups is 1. The molecule has 0 amide bonds. The molecular formula is C24H20O5. The highest BCUT2D eigenvalue weighted by Crippen LogP contribution is 2.46. The van der Waals surface area contributed by atoms with Crippen molar-refractivity contribution in [2.24, 2.45) is 0 Å². The molecule has 0 aliphatic carbocycles. The van der Waals surface area contributed by atoms with Gasteiger partial charge in [-0.15, -0.1) is 0 Å². The number of furan rings is 1. The van der Waals surface area contributed by atoms with Gasteiger partial charge in [0.05, 0.1) is 18.8 Å². The number of carbonyl (C=O) groups excluding carboxylic acids is 1. The van der Waals surface area contributed by atoms with Crippen molar-refractivity contribution in [2.45, 2.75) is 13.5 Å². The SMILES string of the molecule is COc1c(C(C)=O)c(O)c(OCc2ccc(-c3ccccc3)cc2)c2occc12. The lowest BCUT2D eigenvalue weighted by atomic mass is 10.0. The molecule has 1 aromatic heterocycles. The first-order valence-electron chi connectivity index (χ1n) is 9.18. The van der Waals surface area contributed by atoms with E-state index < -0.39 is 0 Å². The van der Waals surface area contributed by atoms with Gasteiger partial charge in [-0.3, -0.25) is 4.79 Å². The third kappa shape index (κ3) is 3.43.